The second-order valence-corrected chi connectivity index (χ2v) is 5.47. The van der Waals surface area contributed by atoms with Crippen LogP contribution in [0.15, 0.2) is 12.7 Å². The average Bonchev–Trinajstić information content (AvgIpc) is 3.10. The van der Waals surface area contributed by atoms with E-state index >= 15 is 0 Å². The van der Waals surface area contributed by atoms with Gasteiger partial charge in [0.05, 0.1) is 19.0 Å². The van der Waals surface area contributed by atoms with E-state index in [-0.39, 0.29) is 24.6 Å². The van der Waals surface area contributed by atoms with Gasteiger partial charge in [0.25, 0.3) is 0 Å². The van der Waals surface area contributed by atoms with E-state index < -0.39 is 24.5 Å². The summed E-state index contributed by atoms with van der Waals surface area (Å²) in [5.74, 6) is -0.162. The average molecular weight is 337 g/mol. The van der Waals surface area contributed by atoms with Gasteiger partial charge in [-0.2, -0.15) is 0 Å². The SMILES string of the molecule is CCOC(=O)CC[C@H]1OC(n2cnc3c(N)ncnc32)[C@@H](O)[C@@H]1O. The zero-order valence-electron chi connectivity index (χ0n) is 13.1. The first-order valence-electron chi connectivity index (χ1n) is 7.63. The number of aliphatic hydroxyl groups excluding tert-OH is 2. The molecule has 1 saturated heterocycles. The highest BCUT2D eigenvalue weighted by Gasteiger charge is 2.44. The van der Waals surface area contributed by atoms with Crippen molar-refractivity contribution < 1.29 is 24.5 Å². The second kappa shape index (κ2) is 6.67. The number of anilines is 1. The molecule has 10 nitrogen and oxygen atoms in total. The second-order valence-electron chi connectivity index (χ2n) is 5.47. The number of esters is 1. The molecule has 0 spiro atoms. The number of fused-ring (bicyclic) bond motifs is 1. The molecule has 3 heterocycles. The Kier molecular flexibility index (Phi) is 4.60. The molecular weight excluding hydrogens is 318 g/mol. The number of hydrogen-bond donors (Lipinski definition) is 3. The minimum absolute atomic E-state index is 0.0921. The minimum Gasteiger partial charge on any atom is -0.466 e. The van der Waals surface area contributed by atoms with E-state index in [1.54, 1.807) is 6.92 Å². The molecule has 1 aliphatic rings. The summed E-state index contributed by atoms with van der Waals surface area (Å²) in [6.45, 7) is 2.01. The number of aromatic nitrogens is 4. The van der Waals surface area contributed by atoms with Crippen LogP contribution in [0, 0.1) is 0 Å². The van der Waals surface area contributed by atoms with Crippen molar-refractivity contribution >= 4 is 23.0 Å². The van der Waals surface area contributed by atoms with Gasteiger partial charge in [-0.3, -0.25) is 9.36 Å². The monoisotopic (exact) mass is 337 g/mol. The van der Waals surface area contributed by atoms with E-state index in [1.165, 1.54) is 17.2 Å². The van der Waals surface area contributed by atoms with Crippen LogP contribution in [0.25, 0.3) is 11.2 Å². The third-order valence-electron chi connectivity index (χ3n) is 3.94. The van der Waals surface area contributed by atoms with E-state index in [0.29, 0.717) is 17.8 Å². The Morgan fingerprint density at radius 2 is 2.17 bits per heavy atom. The summed E-state index contributed by atoms with van der Waals surface area (Å²) in [7, 11) is 0. The van der Waals surface area contributed by atoms with Crippen molar-refractivity contribution in [3.63, 3.8) is 0 Å². The van der Waals surface area contributed by atoms with Crippen LogP contribution in [-0.4, -0.2) is 60.6 Å². The van der Waals surface area contributed by atoms with Gasteiger partial charge < -0.3 is 25.4 Å². The Balaban J connectivity index is 1.77. The van der Waals surface area contributed by atoms with Crippen molar-refractivity contribution in [2.45, 2.75) is 44.3 Å². The summed E-state index contributed by atoms with van der Waals surface area (Å²) in [6.07, 6.45) is -0.883. The number of ether oxygens (including phenoxy) is 2. The molecule has 0 aliphatic carbocycles. The van der Waals surface area contributed by atoms with Gasteiger partial charge in [0.2, 0.25) is 0 Å². The van der Waals surface area contributed by atoms with E-state index in [0.717, 1.165) is 0 Å². The number of hydrogen-bond acceptors (Lipinski definition) is 9. The predicted molar refractivity (Wildman–Crippen MR) is 81.5 cm³/mol. The lowest BCUT2D eigenvalue weighted by Gasteiger charge is -2.16. The van der Waals surface area contributed by atoms with Crippen molar-refractivity contribution in [1.29, 1.82) is 0 Å². The Morgan fingerprint density at radius 3 is 2.92 bits per heavy atom. The molecule has 130 valence electrons. The quantitative estimate of drug-likeness (QED) is 0.607. The molecule has 1 fully saturated rings. The van der Waals surface area contributed by atoms with Crippen molar-refractivity contribution in [1.82, 2.24) is 19.5 Å². The summed E-state index contributed by atoms with van der Waals surface area (Å²) in [4.78, 5) is 23.5. The van der Waals surface area contributed by atoms with Crippen LogP contribution < -0.4 is 5.73 Å². The molecule has 0 aromatic carbocycles. The molecule has 24 heavy (non-hydrogen) atoms. The third kappa shape index (κ3) is 2.90. The van der Waals surface area contributed by atoms with Crippen molar-refractivity contribution in [2.24, 2.45) is 0 Å². The van der Waals surface area contributed by atoms with Gasteiger partial charge in [-0.05, 0) is 13.3 Å². The number of aliphatic hydroxyl groups is 2. The maximum absolute atomic E-state index is 11.4. The molecule has 4 atom stereocenters. The normalized spacial score (nSPS) is 26.8. The number of carbonyl (C=O) groups is 1. The van der Waals surface area contributed by atoms with Crippen molar-refractivity contribution in [3.8, 4) is 0 Å². The molecule has 1 unspecified atom stereocenters. The van der Waals surface area contributed by atoms with Crippen LogP contribution in [0.4, 0.5) is 5.82 Å². The summed E-state index contributed by atoms with van der Waals surface area (Å²) < 4.78 is 12.1. The summed E-state index contributed by atoms with van der Waals surface area (Å²) in [5.41, 5.74) is 6.52. The van der Waals surface area contributed by atoms with Crippen LogP contribution in [0.1, 0.15) is 26.0 Å². The fourth-order valence-corrected chi connectivity index (χ4v) is 2.75. The molecule has 2 aromatic rings. The van der Waals surface area contributed by atoms with Crippen LogP contribution in [-0.2, 0) is 14.3 Å². The maximum Gasteiger partial charge on any atom is 0.305 e. The van der Waals surface area contributed by atoms with Crippen LogP contribution in [0.3, 0.4) is 0 Å². The number of nitrogens with two attached hydrogens (primary N) is 1. The van der Waals surface area contributed by atoms with E-state index in [2.05, 4.69) is 15.0 Å². The number of carbonyl (C=O) groups excluding carboxylic acids is 1. The van der Waals surface area contributed by atoms with Gasteiger partial charge >= 0.3 is 5.97 Å². The summed E-state index contributed by atoms with van der Waals surface area (Å²) in [5, 5.41) is 20.5. The smallest absolute Gasteiger partial charge is 0.305 e. The lowest BCUT2D eigenvalue weighted by Crippen LogP contribution is -2.31. The highest BCUT2D eigenvalue weighted by molar-refractivity contribution is 5.81. The summed E-state index contributed by atoms with van der Waals surface area (Å²) >= 11 is 0. The van der Waals surface area contributed by atoms with E-state index in [9.17, 15) is 15.0 Å². The van der Waals surface area contributed by atoms with Crippen molar-refractivity contribution in [3.05, 3.63) is 12.7 Å². The number of nitrogen functional groups attached to an aromatic ring is 1. The highest BCUT2D eigenvalue weighted by atomic mass is 16.6. The fraction of sp³-hybridized carbons (Fsp3) is 0.571. The molecule has 2 aromatic heterocycles. The van der Waals surface area contributed by atoms with Gasteiger partial charge in [0.1, 0.15) is 24.1 Å². The Bertz CT molecular complexity index is 735. The molecule has 0 saturated carbocycles. The lowest BCUT2D eigenvalue weighted by molar-refractivity contribution is -0.144. The number of rotatable bonds is 5. The third-order valence-corrected chi connectivity index (χ3v) is 3.94. The minimum atomic E-state index is -1.19. The zero-order chi connectivity index (χ0) is 17.3. The molecule has 3 rings (SSSR count). The zero-order valence-corrected chi connectivity index (χ0v) is 13.1. The molecule has 0 radical (unpaired) electrons. The molecule has 10 heteroatoms. The van der Waals surface area contributed by atoms with Gasteiger partial charge in [-0.25, -0.2) is 15.0 Å². The summed E-state index contributed by atoms with van der Waals surface area (Å²) in [6, 6.07) is 0. The van der Waals surface area contributed by atoms with Gasteiger partial charge in [0, 0.05) is 6.42 Å². The highest BCUT2D eigenvalue weighted by Crippen LogP contribution is 2.33. The Labute approximate surface area is 137 Å². The molecular formula is C14H19N5O5. The first kappa shape index (κ1) is 16.6. The molecule has 0 bridgehead atoms. The maximum atomic E-state index is 11.4. The number of nitrogens with zero attached hydrogens (tertiary/aromatic N) is 4. The van der Waals surface area contributed by atoms with Gasteiger partial charge in [0.15, 0.2) is 17.7 Å². The van der Waals surface area contributed by atoms with Crippen LogP contribution in [0.5, 0.6) is 0 Å². The van der Waals surface area contributed by atoms with Crippen LogP contribution in [0.2, 0.25) is 0 Å². The largest absolute Gasteiger partial charge is 0.466 e. The molecule has 4 N–H and O–H groups in total. The van der Waals surface area contributed by atoms with E-state index in [1.807, 2.05) is 0 Å². The number of imidazole rings is 1. The van der Waals surface area contributed by atoms with E-state index in [4.69, 9.17) is 15.2 Å². The van der Waals surface area contributed by atoms with Gasteiger partial charge in [-0.15, -0.1) is 0 Å². The van der Waals surface area contributed by atoms with Crippen molar-refractivity contribution in [2.75, 3.05) is 12.3 Å². The first-order valence-corrected chi connectivity index (χ1v) is 7.63. The van der Waals surface area contributed by atoms with Crippen LogP contribution >= 0.6 is 0 Å². The van der Waals surface area contributed by atoms with Gasteiger partial charge in [-0.1, -0.05) is 0 Å². The standard InChI is InChI=1S/C14H19N5O5/c1-2-23-8(20)4-3-7-10(21)11(22)14(24-7)19-6-18-9-12(15)16-5-17-13(9)19/h5-7,10-11,14,21-22H,2-4H2,1H3,(H2,15,16,17)/t7-,10-,11+,14?/m1/s1. The fourth-order valence-electron chi connectivity index (χ4n) is 2.75. The predicted octanol–water partition coefficient (Wildman–Crippen LogP) is -0.629. The Morgan fingerprint density at radius 1 is 1.38 bits per heavy atom. The molecule has 1 aliphatic heterocycles. The topological polar surface area (TPSA) is 146 Å². The first-order chi connectivity index (χ1) is 11.5. The molecule has 0 amide bonds. The lowest BCUT2D eigenvalue weighted by atomic mass is 10.1. The Hall–Kier alpha value is -2.30.